The van der Waals surface area contributed by atoms with Gasteiger partial charge < -0.3 is 10.6 Å². The molecule has 2 N–H and O–H groups in total. The number of carbonyl (C=O) groups is 1. The van der Waals surface area contributed by atoms with E-state index in [1.807, 2.05) is 28.9 Å². The number of amides is 1. The summed E-state index contributed by atoms with van der Waals surface area (Å²) >= 11 is 0. The highest BCUT2D eigenvalue weighted by Gasteiger charge is 2.25. The molecule has 1 atom stereocenters. The molecule has 0 saturated carbocycles. The summed E-state index contributed by atoms with van der Waals surface area (Å²) in [4.78, 5) is 13.7. The van der Waals surface area contributed by atoms with Gasteiger partial charge in [-0.2, -0.15) is 5.10 Å². The highest BCUT2D eigenvalue weighted by molar-refractivity contribution is 5.76. The fraction of sp³-hybridized carbons (Fsp3) is 0.667. The minimum absolute atomic E-state index is 0.174. The van der Waals surface area contributed by atoms with Crippen LogP contribution in [0.1, 0.15) is 30.9 Å². The number of piperidine rings is 1. The lowest BCUT2D eigenvalue weighted by Gasteiger charge is -2.32. The lowest BCUT2D eigenvalue weighted by molar-refractivity contribution is -0.132. The van der Waals surface area contributed by atoms with Gasteiger partial charge in [0.15, 0.2) is 0 Å². The smallest absolute Gasteiger partial charge is 0.223 e. The Morgan fingerprint density at radius 3 is 3.12 bits per heavy atom. The van der Waals surface area contributed by atoms with E-state index in [9.17, 15) is 4.79 Å². The Kier molecular flexibility index (Phi) is 3.78. The zero-order valence-corrected chi connectivity index (χ0v) is 10.3. The lowest BCUT2D eigenvalue weighted by Crippen LogP contribution is -2.39. The highest BCUT2D eigenvalue weighted by Crippen LogP contribution is 2.25. The average Bonchev–Trinajstić information content (AvgIpc) is 2.76. The van der Waals surface area contributed by atoms with E-state index in [2.05, 4.69) is 5.10 Å². The van der Waals surface area contributed by atoms with Crippen LogP contribution in [-0.2, 0) is 11.8 Å². The summed E-state index contributed by atoms with van der Waals surface area (Å²) in [5, 5.41) is 4.43. The van der Waals surface area contributed by atoms with Crippen molar-refractivity contribution < 1.29 is 4.79 Å². The van der Waals surface area contributed by atoms with E-state index in [4.69, 9.17) is 5.73 Å². The van der Waals surface area contributed by atoms with Gasteiger partial charge in [0.05, 0.1) is 5.69 Å². The molecule has 1 fully saturated rings. The Morgan fingerprint density at radius 1 is 1.65 bits per heavy atom. The molecule has 0 aliphatic carbocycles. The second-order valence-electron chi connectivity index (χ2n) is 4.63. The van der Waals surface area contributed by atoms with Crippen molar-refractivity contribution in [2.45, 2.75) is 25.2 Å². The van der Waals surface area contributed by atoms with Gasteiger partial charge >= 0.3 is 0 Å². The molecule has 94 valence electrons. The number of hydrogen-bond acceptors (Lipinski definition) is 3. The van der Waals surface area contributed by atoms with Crippen molar-refractivity contribution in [1.29, 1.82) is 0 Å². The molecule has 1 aromatic heterocycles. The second-order valence-corrected chi connectivity index (χ2v) is 4.63. The van der Waals surface area contributed by atoms with Crippen molar-refractivity contribution >= 4 is 5.91 Å². The van der Waals surface area contributed by atoms with Gasteiger partial charge in [-0.25, -0.2) is 0 Å². The maximum atomic E-state index is 11.8. The normalized spacial score (nSPS) is 20.6. The number of aryl methyl sites for hydroxylation is 1. The largest absolute Gasteiger partial charge is 0.342 e. The molecule has 1 aliphatic rings. The van der Waals surface area contributed by atoms with Gasteiger partial charge in [-0.15, -0.1) is 0 Å². The van der Waals surface area contributed by atoms with Crippen LogP contribution < -0.4 is 5.73 Å². The van der Waals surface area contributed by atoms with E-state index in [0.29, 0.717) is 18.9 Å². The van der Waals surface area contributed by atoms with Gasteiger partial charge in [0.1, 0.15) is 0 Å². The predicted molar refractivity (Wildman–Crippen MR) is 65.4 cm³/mol. The fourth-order valence-electron chi connectivity index (χ4n) is 2.38. The monoisotopic (exact) mass is 236 g/mol. The van der Waals surface area contributed by atoms with Crippen LogP contribution in [0.25, 0.3) is 0 Å². The van der Waals surface area contributed by atoms with Crippen LogP contribution in [0.4, 0.5) is 0 Å². The number of rotatable bonds is 3. The topological polar surface area (TPSA) is 64.2 Å². The lowest BCUT2D eigenvalue weighted by atomic mass is 9.95. The molecule has 2 heterocycles. The van der Waals surface area contributed by atoms with Crippen LogP contribution in [-0.4, -0.2) is 40.2 Å². The predicted octanol–water partition coefficient (Wildman–Crippen LogP) is 0.475. The minimum atomic E-state index is 0.174. The number of nitrogens with zero attached hydrogens (tertiary/aromatic N) is 3. The maximum absolute atomic E-state index is 11.8. The third kappa shape index (κ3) is 2.85. The molecule has 0 spiro atoms. The number of nitrogens with two attached hydrogens (primary N) is 1. The molecule has 0 radical (unpaired) electrons. The zero-order chi connectivity index (χ0) is 12.3. The molecule has 1 aliphatic heterocycles. The first-order chi connectivity index (χ1) is 8.20. The summed E-state index contributed by atoms with van der Waals surface area (Å²) < 4.78 is 1.82. The first-order valence-electron chi connectivity index (χ1n) is 6.18. The summed E-state index contributed by atoms with van der Waals surface area (Å²) in [6.45, 7) is 2.08. The van der Waals surface area contributed by atoms with Gasteiger partial charge in [-0.3, -0.25) is 9.48 Å². The van der Waals surface area contributed by atoms with Crippen molar-refractivity contribution in [1.82, 2.24) is 14.7 Å². The summed E-state index contributed by atoms with van der Waals surface area (Å²) in [6, 6.07) is 2.04. The fourth-order valence-corrected chi connectivity index (χ4v) is 2.38. The van der Waals surface area contributed by atoms with Crippen molar-refractivity contribution in [2.75, 3.05) is 19.6 Å². The highest BCUT2D eigenvalue weighted by atomic mass is 16.2. The van der Waals surface area contributed by atoms with Crippen LogP contribution in [0.5, 0.6) is 0 Å². The molecule has 1 saturated heterocycles. The molecule has 2 rings (SSSR count). The maximum Gasteiger partial charge on any atom is 0.223 e. The molecule has 0 unspecified atom stereocenters. The summed E-state index contributed by atoms with van der Waals surface area (Å²) in [5.74, 6) is 0.555. The van der Waals surface area contributed by atoms with Gasteiger partial charge in [-0.1, -0.05) is 0 Å². The Hall–Kier alpha value is -1.36. The van der Waals surface area contributed by atoms with Crippen LogP contribution in [0.15, 0.2) is 12.3 Å². The molecule has 0 aromatic carbocycles. The standard InChI is InChI=1S/C12H20N4O/c1-15-8-5-11(14-15)10-3-2-7-16(9-10)12(17)4-6-13/h5,8,10H,2-4,6-7,9,13H2,1H3/t10-/m1/s1. The van der Waals surface area contributed by atoms with E-state index in [-0.39, 0.29) is 5.91 Å². The minimum Gasteiger partial charge on any atom is -0.342 e. The van der Waals surface area contributed by atoms with E-state index in [1.54, 1.807) is 0 Å². The third-order valence-corrected chi connectivity index (χ3v) is 3.28. The number of aromatic nitrogens is 2. The number of likely N-dealkylation sites (tertiary alicyclic amines) is 1. The molecule has 17 heavy (non-hydrogen) atoms. The molecule has 1 amide bonds. The van der Waals surface area contributed by atoms with Crippen molar-refractivity contribution in [3.8, 4) is 0 Å². The number of carbonyl (C=O) groups excluding carboxylic acids is 1. The Bertz CT molecular complexity index is 388. The van der Waals surface area contributed by atoms with E-state index in [1.165, 1.54) is 0 Å². The molecule has 1 aromatic rings. The first-order valence-corrected chi connectivity index (χ1v) is 6.18. The summed E-state index contributed by atoms with van der Waals surface area (Å²) in [6.07, 6.45) is 4.58. The van der Waals surface area contributed by atoms with Gasteiger partial charge in [-0.05, 0) is 18.9 Å². The SMILES string of the molecule is Cn1ccc([C@@H]2CCCN(C(=O)CCN)C2)n1. The first kappa shape index (κ1) is 12.1. The van der Waals surface area contributed by atoms with Crippen LogP contribution >= 0.6 is 0 Å². The zero-order valence-electron chi connectivity index (χ0n) is 10.3. The van der Waals surface area contributed by atoms with Gasteiger partial charge in [0.2, 0.25) is 5.91 Å². The van der Waals surface area contributed by atoms with Gasteiger partial charge in [0, 0.05) is 45.2 Å². The Morgan fingerprint density at radius 2 is 2.47 bits per heavy atom. The van der Waals surface area contributed by atoms with Crippen molar-refractivity contribution in [3.63, 3.8) is 0 Å². The van der Waals surface area contributed by atoms with E-state index < -0.39 is 0 Å². The quantitative estimate of drug-likeness (QED) is 0.830. The number of hydrogen-bond donors (Lipinski definition) is 1. The Labute approximate surface area is 102 Å². The van der Waals surface area contributed by atoms with Crippen molar-refractivity contribution in [2.24, 2.45) is 12.8 Å². The molecule has 5 heteroatoms. The third-order valence-electron chi connectivity index (χ3n) is 3.28. The summed E-state index contributed by atoms with van der Waals surface area (Å²) in [5.41, 5.74) is 6.52. The Balaban J connectivity index is 1.99. The summed E-state index contributed by atoms with van der Waals surface area (Å²) in [7, 11) is 1.92. The second kappa shape index (κ2) is 5.31. The molecular formula is C12H20N4O. The molecule has 5 nitrogen and oxygen atoms in total. The van der Waals surface area contributed by atoms with E-state index >= 15 is 0 Å². The molecule has 0 bridgehead atoms. The molecular weight excluding hydrogens is 216 g/mol. The van der Waals surface area contributed by atoms with Crippen LogP contribution in [0.3, 0.4) is 0 Å². The van der Waals surface area contributed by atoms with Crippen LogP contribution in [0, 0.1) is 0 Å². The van der Waals surface area contributed by atoms with Gasteiger partial charge in [0.25, 0.3) is 0 Å². The van der Waals surface area contributed by atoms with E-state index in [0.717, 1.165) is 31.6 Å². The average molecular weight is 236 g/mol. The van der Waals surface area contributed by atoms with Crippen LogP contribution in [0.2, 0.25) is 0 Å². The van der Waals surface area contributed by atoms with Crippen molar-refractivity contribution in [3.05, 3.63) is 18.0 Å².